The molecule has 0 radical (unpaired) electrons. The molecule has 1 aliphatic rings. The van der Waals surface area contributed by atoms with Crippen LogP contribution in [-0.2, 0) is 4.79 Å². The van der Waals surface area contributed by atoms with Crippen LogP contribution in [-0.4, -0.2) is 35.3 Å². The van der Waals surface area contributed by atoms with Crippen LogP contribution < -0.4 is 5.32 Å². The van der Waals surface area contributed by atoms with Gasteiger partial charge in [0.1, 0.15) is 11.4 Å². The lowest BCUT2D eigenvalue weighted by molar-refractivity contribution is -0.133. The molecule has 0 atom stereocenters. The van der Waals surface area contributed by atoms with E-state index in [-0.39, 0.29) is 15.9 Å². The largest absolute Gasteiger partial charge is 0.352 e. The molecule has 1 aromatic carbocycles. The Morgan fingerprint density at radius 3 is 2.84 bits per heavy atom. The first kappa shape index (κ1) is 14.0. The van der Waals surface area contributed by atoms with Crippen molar-refractivity contribution in [1.82, 2.24) is 10.2 Å². The Hall–Kier alpha value is -1.43. The molecule has 2 rings (SSSR count). The number of piperazine rings is 1. The third kappa shape index (κ3) is 2.36. The van der Waals surface area contributed by atoms with Crippen molar-refractivity contribution in [2.45, 2.75) is 19.4 Å². The molecule has 0 bridgehead atoms. The fourth-order valence-electron chi connectivity index (χ4n) is 2.07. The first-order chi connectivity index (χ1) is 8.85. The van der Waals surface area contributed by atoms with E-state index in [1.54, 1.807) is 19.9 Å². The first-order valence-corrected chi connectivity index (χ1v) is 6.69. The van der Waals surface area contributed by atoms with Crippen molar-refractivity contribution < 1.29 is 14.0 Å². The van der Waals surface area contributed by atoms with Gasteiger partial charge in [0.05, 0.1) is 10.0 Å². The van der Waals surface area contributed by atoms with Gasteiger partial charge in [-0.3, -0.25) is 9.59 Å². The summed E-state index contributed by atoms with van der Waals surface area (Å²) in [6.07, 6.45) is 0. The Morgan fingerprint density at radius 1 is 1.47 bits per heavy atom. The van der Waals surface area contributed by atoms with Crippen LogP contribution in [0.1, 0.15) is 24.2 Å². The van der Waals surface area contributed by atoms with Crippen molar-refractivity contribution in [3.8, 4) is 0 Å². The average Bonchev–Trinajstić information content (AvgIpc) is 2.35. The van der Waals surface area contributed by atoms with E-state index in [4.69, 9.17) is 0 Å². The van der Waals surface area contributed by atoms with Crippen LogP contribution >= 0.6 is 15.9 Å². The van der Waals surface area contributed by atoms with Crippen LogP contribution in [0.25, 0.3) is 0 Å². The fourth-order valence-corrected chi connectivity index (χ4v) is 2.44. The van der Waals surface area contributed by atoms with E-state index >= 15 is 0 Å². The minimum Gasteiger partial charge on any atom is -0.352 e. The van der Waals surface area contributed by atoms with Crippen LogP contribution in [0.15, 0.2) is 22.7 Å². The summed E-state index contributed by atoms with van der Waals surface area (Å²) in [4.78, 5) is 25.6. The van der Waals surface area contributed by atoms with Gasteiger partial charge in [0, 0.05) is 13.1 Å². The number of carbonyl (C=O) groups is 2. The maximum atomic E-state index is 14.0. The zero-order valence-electron chi connectivity index (χ0n) is 10.7. The summed E-state index contributed by atoms with van der Waals surface area (Å²) in [7, 11) is 0. The van der Waals surface area contributed by atoms with E-state index < -0.39 is 17.3 Å². The van der Waals surface area contributed by atoms with Gasteiger partial charge >= 0.3 is 0 Å². The van der Waals surface area contributed by atoms with Gasteiger partial charge in [-0.1, -0.05) is 6.07 Å². The second kappa shape index (κ2) is 4.92. The molecule has 4 nitrogen and oxygen atoms in total. The molecule has 1 N–H and O–H groups in total. The van der Waals surface area contributed by atoms with Crippen molar-refractivity contribution >= 4 is 27.7 Å². The topological polar surface area (TPSA) is 49.4 Å². The molecule has 0 saturated carbocycles. The molecule has 0 spiro atoms. The lowest BCUT2D eigenvalue weighted by atomic mass is 9.97. The summed E-state index contributed by atoms with van der Waals surface area (Å²) in [6, 6.07) is 4.54. The number of rotatable bonds is 1. The average molecular weight is 329 g/mol. The molecule has 1 aromatic rings. The van der Waals surface area contributed by atoms with Gasteiger partial charge in [-0.15, -0.1) is 0 Å². The maximum absolute atomic E-state index is 14.0. The summed E-state index contributed by atoms with van der Waals surface area (Å²) >= 11 is 3.05. The molecule has 0 aromatic heterocycles. The quantitative estimate of drug-likeness (QED) is 0.856. The fraction of sp³-hybridized carbons (Fsp3) is 0.385. The summed E-state index contributed by atoms with van der Waals surface area (Å²) < 4.78 is 14.2. The molecule has 6 heteroatoms. The maximum Gasteiger partial charge on any atom is 0.257 e. The Bertz CT molecular complexity index is 545. The van der Waals surface area contributed by atoms with Crippen molar-refractivity contribution in [2.24, 2.45) is 0 Å². The van der Waals surface area contributed by atoms with Gasteiger partial charge in [0.2, 0.25) is 5.91 Å². The Labute approximate surface area is 119 Å². The van der Waals surface area contributed by atoms with Crippen LogP contribution in [0.3, 0.4) is 0 Å². The molecule has 2 amide bonds. The van der Waals surface area contributed by atoms with Gasteiger partial charge in [-0.05, 0) is 41.9 Å². The van der Waals surface area contributed by atoms with E-state index in [1.807, 2.05) is 0 Å². The number of nitrogens with zero attached hydrogens (tertiary/aromatic N) is 1. The monoisotopic (exact) mass is 328 g/mol. The second-order valence-electron chi connectivity index (χ2n) is 4.87. The van der Waals surface area contributed by atoms with Crippen LogP contribution in [0.5, 0.6) is 0 Å². The number of benzene rings is 1. The molecule has 19 heavy (non-hydrogen) atoms. The highest BCUT2D eigenvalue weighted by Gasteiger charge is 2.41. The van der Waals surface area contributed by atoms with Gasteiger partial charge in [-0.25, -0.2) is 4.39 Å². The van der Waals surface area contributed by atoms with Gasteiger partial charge in [0.25, 0.3) is 5.91 Å². The molecular weight excluding hydrogens is 315 g/mol. The zero-order valence-corrected chi connectivity index (χ0v) is 12.3. The lowest BCUT2D eigenvalue weighted by Crippen LogP contribution is -2.63. The highest BCUT2D eigenvalue weighted by molar-refractivity contribution is 9.10. The predicted octanol–water partition coefficient (Wildman–Crippen LogP) is 1.94. The summed E-state index contributed by atoms with van der Waals surface area (Å²) in [5.41, 5.74) is -1.01. The van der Waals surface area contributed by atoms with Gasteiger partial charge < -0.3 is 10.2 Å². The van der Waals surface area contributed by atoms with E-state index in [1.165, 1.54) is 17.0 Å². The van der Waals surface area contributed by atoms with Crippen LogP contribution in [0.4, 0.5) is 4.39 Å². The van der Waals surface area contributed by atoms with Crippen LogP contribution in [0.2, 0.25) is 0 Å². The first-order valence-electron chi connectivity index (χ1n) is 5.90. The molecule has 1 saturated heterocycles. The molecule has 1 heterocycles. The molecule has 102 valence electrons. The molecule has 1 aliphatic heterocycles. The van der Waals surface area contributed by atoms with E-state index in [2.05, 4.69) is 21.2 Å². The minimum absolute atomic E-state index is 0.0304. The van der Waals surface area contributed by atoms with Gasteiger partial charge in [0.15, 0.2) is 0 Å². The van der Waals surface area contributed by atoms with Crippen LogP contribution in [0, 0.1) is 5.82 Å². The molecule has 0 aliphatic carbocycles. The van der Waals surface area contributed by atoms with E-state index in [0.717, 1.165) is 0 Å². The van der Waals surface area contributed by atoms with E-state index in [9.17, 15) is 14.0 Å². The van der Waals surface area contributed by atoms with Crippen molar-refractivity contribution in [1.29, 1.82) is 0 Å². The Balaban J connectivity index is 2.38. The summed E-state index contributed by atoms with van der Waals surface area (Å²) in [6.45, 7) is 4.04. The normalized spacial score (nSPS) is 18.1. The molecular formula is C13H14BrFN2O2. The van der Waals surface area contributed by atoms with E-state index in [0.29, 0.717) is 13.1 Å². The van der Waals surface area contributed by atoms with Crippen molar-refractivity contribution in [2.75, 3.05) is 13.1 Å². The highest BCUT2D eigenvalue weighted by atomic mass is 79.9. The zero-order chi connectivity index (χ0) is 14.2. The lowest BCUT2D eigenvalue weighted by Gasteiger charge is -2.41. The van der Waals surface area contributed by atoms with Crippen molar-refractivity contribution in [3.63, 3.8) is 0 Å². The summed E-state index contributed by atoms with van der Waals surface area (Å²) in [5.74, 6) is -1.31. The third-order valence-electron chi connectivity index (χ3n) is 3.28. The Kier molecular flexibility index (Phi) is 3.62. The second-order valence-corrected chi connectivity index (χ2v) is 5.73. The minimum atomic E-state index is -0.982. The smallest absolute Gasteiger partial charge is 0.257 e. The number of nitrogens with one attached hydrogen (secondary N) is 1. The predicted molar refractivity (Wildman–Crippen MR) is 72.2 cm³/mol. The van der Waals surface area contributed by atoms with Gasteiger partial charge in [-0.2, -0.15) is 0 Å². The highest BCUT2D eigenvalue weighted by Crippen LogP contribution is 2.24. The number of halogens is 2. The summed E-state index contributed by atoms with van der Waals surface area (Å²) in [5, 5.41) is 2.70. The number of hydrogen-bond acceptors (Lipinski definition) is 2. The number of hydrogen-bond donors (Lipinski definition) is 1. The SMILES string of the molecule is CC1(C)C(=O)NCCN1C(=O)c1cccc(Br)c1F. The van der Waals surface area contributed by atoms with Crippen molar-refractivity contribution in [3.05, 3.63) is 34.1 Å². The molecule has 1 fully saturated rings. The Morgan fingerprint density at radius 2 is 2.16 bits per heavy atom. The third-order valence-corrected chi connectivity index (χ3v) is 3.89. The molecule has 0 unspecified atom stereocenters. The number of amides is 2. The number of carbonyl (C=O) groups excluding carboxylic acids is 2. The standard InChI is InChI=1S/C13H14BrFN2O2/c1-13(2)12(19)16-6-7-17(13)11(18)8-4-3-5-9(14)10(8)15/h3-5H,6-7H2,1-2H3,(H,16,19).